The highest BCUT2D eigenvalue weighted by molar-refractivity contribution is 5.87. The third kappa shape index (κ3) is 4.08. The van der Waals surface area contributed by atoms with Gasteiger partial charge in [-0.25, -0.2) is 0 Å². The van der Waals surface area contributed by atoms with Crippen LogP contribution in [0.4, 0.5) is 0 Å². The topological polar surface area (TPSA) is 17.1 Å². The lowest BCUT2D eigenvalue weighted by Gasteiger charge is -2.33. The van der Waals surface area contributed by atoms with E-state index in [2.05, 4.69) is 13.5 Å². The fourth-order valence-corrected chi connectivity index (χ4v) is 1.40. The van der Waals surface area contributed by atoms with Gasteiger partial charge in [0, 0.05) is 12.3 Å². The standard InChI is InChI=1S/C9H14O.2C2H6/c1-4-6(2)8-5-9(10)7(8)3;2*1-2/h7-8H,2,4-5H2,1,3H3;2*1-2H3/t7?,8-;;/m1../s1. The Hall–Kier alpha value is -0.590. The summed E-state index contributed by atoms with van der Waals surface area (Å²) in [6.45, 7) is 16.0. The third-order valence-corrected chi connectivity index (χ3v) is 2.51. The second kappa shape index (κ2) is 8.98. The lowest BCUT2D eigenvalue weighted by Crippen LogP contribution is -2.35. The van der Waals surface area contributed by atoms with Crippen molar-refractivity contribution in [3.8, 4) is 0 Å². The van der Waals surface area contributed by atoms with Crippen molar-refractivity contribution in [1.82, 2.24) is 0 Å². The van der Waals surface area contributed by atoms with E-state index in [1.54, 1.807) is 0 Å². The van der Waals surface area contributed by atoms with E-state index in [9.17, 15) is 4.79 Å². The Labute approximate surface area is 89.6 Å². The van der Waals surface area contributed by atoms with E-state index in [1.165, 1.54) is 5.57 Å². The molecule has 0 heterocycles. The maximum Gasteiger partial charge on any atom is 0.136 e. The smallest absolute Gasteiger partial charge is 0.136 e. The van der Waals surface area contributed by atoms with E-state index in [-0.39, 0.29) is 5.92 Å². The van der Waals surface area contributed by atoms with Gasteiger partial charge in [-0.05, 0) is 12.3 Å². The number of allylic oxidation sites excluding steroid dienone is 1. The number of rotatable bonds is 2. The first kappa shape index (κ1) is 15.9. The van der Waals surface area contributed by atoms with Gasteiger partial charge in [0.1, 0.15) is 5.78 Å². The Morgan fingerprint density at radius 3 is 2.00 bits per heavy atom. The van der Waals surface area contributed by atoms with E-state index in [0.717, 1.165) is 12.8 Å². The maximum absolute atomic E-state index is 10.8. The molecule has 1 unspecified atom stereocenters. The van der Waals surface area contributed by atoms with Gasteiger partial charge < -0.3 is 0 Å². The second-order valence-electron chi connectivity index (χ2n) is 3.08. The zero-order chi connectivity index (χ0) is 11.7. The normalized spacial score (nSPS) is 23.4. The molecule has 1 aliphatic carbocycles. The van der Waals surface area contributed by atoms with Crippen LogP contribution in [0, 0.1) is 11.8 Å². The van der Waals surface area contributed by atoms with Crippen molar-refractivity contribution in [3.63, 3.8) is 0 Å². The molecular weight excluding hydrogens is 172 g/mol. The number of carbonyl (C=O) groups is 1. The molecule has 84 valence electrons. The van der Waals surface area contributed by atoms with E-state index < -0.39 is 0 Å². The first-order valence-corrected chi connectivity index (χ1v) is 5.87. The van der Waals surface area contributed by atoms with E-state index in [1.807, 2.05) is 34.6 Å². The summed E-state index contributed by atoms with van der Waals surface area (Å²) < 4.78 is 0. The molecule has 0 aromatic rings. The van der Waals surface area contributed by atoms with Gasteiger partial charge in [-0.1, -0.05) is 53.7 Å². The largest absolute Gasteiger partial charge is 0.299 e. The molecule has 14 heavy (non-hydrogen) atoms. The third-order valence-electron chi connectivity index (χ3n) is 2.51. The fourth-order valence-electron chi connectivity index (χ4n) is 1.40. The number of ketones is 1. The van der Waals surface area contributed by atoms with Crippen LogP contribution in [0.25, 0.3) is 0 Å². The summed E-state index contributed by atoms with van der Waals surface area (Å²) in [4.78, 5) is 10.8. The quantitative estimate of drug-likeness (QED) is 0.607. The Morgan fingerprint density at radius 2 is 1.79 bits per heavy atom. The summed E-state index contributed by atoms with van der Waals surface area (Å²) in [7, 11) is 0. The minimum absolute atomic E-state index is 0.257. The maximum atomic E-state index is 10.8. The van der Waals surface area contributed by atoms with Gasteiger partial charge in [0.15, 0.2) is 0 Å². The molecule has 0 aromatic carbocycles. The molecule has 1 saturated carbocycles. The molecule has 0 aromatic heterocycles. The summed E-state index contributed by atoms with van der Waals surface area (Å²) in [5, 5.41) is 0. The van der Waals surface area contributed by atoms with Gasteiger partial charge in [0.25, 0.3) is 0 Å². The van der Waals surface area contributed by atoms with Crippen molar-refractivity contribution >= 4 is 5.78 Å². The molecule has 0 saturated heterocycles. The van der Waals surface area contributed by atoms with E-state index in [4.69, 9.17) is 0 Å². The van der Waals surface area contributed by atoms with Gasteiger partial charge in [-0.3, -0.25) is 4.79 Å². The minimum atomic E-state index is 0.257. The lowest BCUT2D eigenvalue weighted by atomic mass is 9.69. The summed E-state index contributed by atoms with van der Waals surface area (Å²) in [5.41, 5.74) is 1.24. The highest BCUT2D eigenvalue weighted by Gasteiger charge is 2.36. The minimum Gasteiger partial charge on any atom is -0.299 e. The lowest BCUT2D eigenvalue weighted by molar-refractivity contribution is -0.131. The molecule has 0 bridgehead atoms. The molecule has 2 atom stereocenters. The first-order chi connectivity index (χ1) is 6.66. The SMILES string of the molecule is C=C(CC)[C@H]1CC(=O)C1C.CC.CC. The van der Waals surface area contributed by atoms with Crippen LogP contribution in [0.15, 0.2) is 12.2 Å². The molecule has 0 amide bonds. The number of carbonyl (C=O) groups excluding carboxylic acids is 1. The average Bonchev–Trinajstić information content (AvgIpc) is 2.29. The van der Waals surface area contributed by atoms with Crippen molar-refractivity contribution in [3.05, 3.63) is 12.2 Å². The zero-order valence-electron chi connectivity index (χ0n) is 10.7. The predicted octanol–water partition coefficient (Wildman–Crippen LogP) is 4.23. The highest BCUT2D eigenvalue weighted by Crippen LogP contribution is 2.36. The summed E-state index contributed by atoms with van der Waals surface area (Å²) >= 11 is 0. The number of hydrogen-bond acceptors (Lipinski definition) is 1. The fraction of sp³-hybridized carbons (Fsp3) is 0.769. The number of hydrogen-bond donors (Lipinski definition) is 0. The van der Waals surface area contributed by atoms with Crippen molar-refractivity contribution in [1.29, 1.82) is 0 Å². The molecule has 1 nitrogen and oxygen atoms in total. The molecule has 1 fully saturated rings. The van der Waals surface area contributed by atoms with Crippen LogP contribution in [0.1, 0.15) is 54.4 Å². The van der Waals surface area contributed by atoms with Crippen LogP contribution in [-0.4, -0.2) is 5.78 Å². The summed E-state index contributed by atoms with van der Waals surface area (Å²) in [6.07, 6.45) is 1.76. The van der Waals surface area contributed by atoms with E-state index >= 15 is 0 Å². The molecule has 0 radical (unpaired) electrons. The average molecular weight is 198 g/mol. The predicted molar refractivity (Wildman–Crippen MR) is 64.4 cm³/mol. The molecule has 1 aliphatic rings. The Balaban J connectivity index is 0. The summed E-state index contributed by atoms with van der Waals surface area (Å²) in [6, 6.07) is 0. The molecule has 1 rings (SSSR count). The molecule has 0 spiro atoms. The molecule has 0 N–H and O–H groups in total. The molecule has 1 heteroatoms. The first-order valence-electron chi connectivity index (χ1n) is 5.87. The number of Topliss-reactive ketones (excluding diaryl/α,β-unsaturated/α-hetero) is 1. The van der Waals surface area contributed by atoms with Crippen LogP contribution >= 0.6 is 0 Å². The van der Waals surface area contributed by atoms with Gasteiger partial charge >= 0.3 is 0 Å². The molecule has 0 aliphatic heterocycles. The van der Waals surface area contributed by atoms with Crippen LogP contribution in [0.3, 0.4) is 0 Å². The van der Waals surface area contributed by atoms with Gasteiger partial charge in [-0.2, -0.15) is 0 Å². The zero-order valence-corrected chi connectivity index (χ0v) is 10.7. The van der Waals surface area contributed by atoms with E-state index in [0.29, 0.717) is 11.7 Å². The van der Waals surface area contributed by atoms with Gasteiger partial charge in [0.2, 0.25) is 0 Å². The Kier molecular flexibility index (Phi) is 10.2. The van der Waals surface area contributed by atoms with Gasteiger partial charge in [-0.15, -0.1) is 0 Å². The van der Waals surface area contributed by atoms with Gasteiger partial charge in [0.05, 0.1) is 0 Å². The van der Waals surface area contributed by atoms with Crippen molar-refractivity contribution in [2.24, 2.45) is 11.8 Å². The Bertz CT molecular complexity index is 170. The van der Waals surface area contributed by atoms with Crippen molar-refractivity contribution < 1.29 is 4.79 Å². The van der Waals surface area contributed by atoms with Crippen LogP contribution < -0.4 is 0 Å². The second-order valence-corrected chi connectivity index (χ2v) is 3.08. The Morgan fingerprint density at radius 1 is 1.36 bits per heavy atom. The van der Waals surface area contributed by atoms with Crippen LogP contribution in [-0.2, 0) is 4.79 Å². The molecular formula is C13H26O. The van der Waals surface area contributed by atoms with Crippen LogP contribution in [0.5, 0.6) is 0 Å². The van der Waals surface area contributed by atoms with Crippen molar-refractivity contribution in [2.75, 3.05) is 0 Å². The van der Waals surface area contributed by atoms with Crippen molar-refractivity contribution in [2.45, 2.75) is 54.4 Å². The highest BCUT2D eigenvalue weighted by atomic mass is 16.1. The van der Waals surface area contributed by atoms with Crippen LogP contribution in [0.2, 0.25) is 0 Å². The summed E-state index contributed by atoms with van der Waals surface area (Å²) in [5.74, 6) is 1.16. The monoisotopic (exact) mass is 198 g/mol.